The van der Waals surface area contributed by atoms with E-state index in [0.717, 1.165) is 23.9 Å². The van der Waals surface area contributed by atoms with Crippen LogP contribution in [0, 0.1) is 23.2 Å². The average molecular weight is 353 g/mol. The quantitative estimate of drug-likeness (QED) is 0.809. The Balaban J connectivity index is 1.37. The molecule has 0 amide bonds. The summed E-state index contributed by atoms with van der Waals surface area (Å²) in [4.78, 5) is 12.8. The van der Waals surface area contributed by atoms with Crippen molar-refractivity contribution >= 4 is 11.5 Å². The molecule has 1 aromatic rings. The van der Waals surface area contributed by atoms with Crippen molar-refractivity contribution < 1.29 is 18.0 Å². The Hall–Kier alpha value is -1.79. The number of nitrogens with one attached hydrogen (secondary N) is 1. The highest BCUT2D eigenvalue weighted by Gasteiger charge is 2.53. The molecule has 4 bridgehead atoms. The van der Waals surface area contributed by atoms with Crippen molar-refractivity contribution in [3.63, 3.8) is 0 Å². The highest BCUT2D eigenvalue weighted by atomic mass is 19.4. The van der Waals surface area contributed by atoms with E-state index in [9.17, 15) is 18.0 Å². The van der Waals surface area contributed by atoms with Gasteiger partial charge in [-0.05, 0) is 62.4 Å². The Morgan fingerprint density at radius 3 is 2.40 bits per heavy atom. The van der Waals surface area contributed by atoms with Crippen molar-refractivity contribution in [3.8, 4) is 0 Å². The van der Waals surface area contributed by atoms with Gasteiger partial charge in [-0.3, -0.25) is 9.48 Å². The highest BCUT2D eigenvalue weighted by molar-refractivity contribution is 5.95. The highest BCUT2D eigenvalue weighted by Crippen LogP contribution is 2.60. The Kier molecular flexibility index (Phi) is 3.92. The molecule has 0 aromatic carbocycles. The standard InChI is InChI=1S/C18H22F3N3O/c19-18(20,21)11-24-10-15(9-23-24)22-2-1-16(25)17-6-12-3-13(7-17)5-14(4-12)8-17/h1-2,9-10,12-14,22H,3-8,11H2. The first-order valence-corrected chi connectivity index (χ1v) is 8.88. The van der Waals surface area contributed by atoms with Crippen LogP contribution in [0.3, 0.4) is 0 Å². The number of allylic oxidation sites excluding steroid dienone is 1. The molecule has 5 rings (SSSR count). The van der Waals surface area contributed by atoms with Gasteiger partial charge in [0.25, 0.3) is 0 Å². The number of ketones is 1. The van der Waals surface area contributed by atoms with Gasteiger partial charge in [0, 0.05) is 17.8 Å². The second-order valence-corrected chi connectivity index (χ2v) is 8.08. The first kappa shape index (κ1) is 16.7. The fourth-order valence-corrected chi connectivity index (χ4v) is 5.51. The molecule has 0 spiro atoms. The number of halogens is 3. The smallest absolute Gasteiger partial charge is 0.359 e. The lowest BCUT2D eigenvalue weighted by atomic mass is 9.48. The molecule has 1 N–H and O–H groups in total. The summed E-state index contributed by atoms with van der Waals surface area (Å²) in [5, 5.41) is 6.53. The van der Waals surface area contributed by atoms with Crippen LogP contribution < -0.4 is 5.32 Å². The van der Waals surface area contributed by atoms with Crippen molar-refractivity contribution in [1.29, 1.82) is 0 Å². The summed E-state index contributed by atoms with van der Waals surface area (Å²) in [6, 6.07) is 0. The molecule has 0 saturated heterocycles. The van der Waals surface area contributed by atoms with E-state index in [0.29, 0.717) is 23.4 Å². The normalized spacial score (nSPS) is 34.0. The molecular weight excluding hydrogens is 331 g/mol. The van der Waals surface area contributed by atoms with Crippen LogP contribution in [0.1, 0.15) is 38.5 Å². The van der Waals surface area contributed by atoms with Crippen molar-refractivity contribution in [3.05, 3.63) is 24.7 Å². The maximum atomic E-state index is 12.8. The van der Waals surface area contributed by atoms with Gasteiger partial charge in [0.15, 0.2) is 5.78 Å². The van der Waals surface area contributed by atoms with Crippen LogP contribution in [0.4, 0.5) is 18.9 Å². The van der Waals surface area contributed by atoms with E-state index in [4.69, 9.17) is 0 Å². The Bertz CT molecular complexity index is 657. The molecule has 4 saturated carbocycles. The van der Waals surface area contributed by atoms with Crippen molar-refractivity contribution in [2.24, 2.45) is 23.2 Å². The molecule has 0 radical (unpaired) electrons. The van der Waals surface area contributed by atoms with Crippen LogP contribution in [-0.4, -0.2) is 21.7 Å². The molecule has 25 heavy (non-hydrogen) atoms. The van der Waals surface area contributed by atoms with Gasteiger partial charge in [-0.25, -0.2) is 0 Å². The largest absolute Gasteiger partial charge is 0.408 e. The van der Waals surface area contributed by atoms with E-state index in [-0.39, 0.29) is 11.2 Å². The lowest BCUT2D eigenvalue weighted by molar-refractivity contribution is -0.142. The number of anilines is 1. The minimum absolute atomic E-state index is 0.168. The molecule has 7 heteroatoms. The topological polar surface area (TPSA) is 46.9 Å². The van der Waals surface area contributed by atoms with E-state index in [1.165, 1.54) is 37.9 Å². The zero-order valence-corrected chi connectivity index (χ0v) is 13.9. The third-order valence-corrected chi connectivity index (χ3v) is 6.02. The molecule has 4 aliphatic carbocycles. The van der Waals surface area contributed by atoms with Gasteiger partial charge in [0.1, 0.15) is 6.54 Å². The third kappa shape index (κ3) is 3.46. The fourth-order valence-electron chi connectivity index (χ4n) is 5.51. The molecule has 4 nitrogen and oxygen atoms in total. The maximum Gasteiger partial charge on any atom is 0.408 e. The summed E-state index contributed by atoms with van der Waals surface area (Å²) in [6.45, 7) is -1.12. The minimum Gasteiger partial charge on any atom is -0.359 e. The summed E-state index contributed by atoms with van der Waals surface area (Å²) < 4.78 is 37.8. The van der Waals surface area contributed by atoms with Gasteiger partial charge >= 0.3 is 6.18 Å². The van der Waals surface area contributed by atoms with Crippen LogP contribution >= 0.6 is 0 Å². The van der Waals surface area contributed by atoms with Gasteiger partial charge in [0.2, 0.25) is 0 Å². The van der Waals surface area contributed by atoms with E-state index in [1.54, 1.807) is 6.08 Å². The minimum atomic E-state index is -4.30. The van der Waals surface area contributed by atoms with E-state index in [2.05, 4.69) is 10.4 Å². The predicted molar refractivity (Wildman–Crippen MR) is 86.7 cm³/mol. The maximum absolute atomic E-state index is 12.8. The molecule has 0 aliphatic heterocycles. The number of rotatable bonds is 5. The Morgan fingerprint density at radius 1 is 1.24 bits per heavy atom. The van der Waals surface area contributed by atoms with Crippen molar-refractivity contribution in [2.45, 2.75) is 51.2 Å². The van der Waals surface area contributed by atoms with E-state index >= 15 is 0 Å². The predicted octanol–water partition coefficient (Wildman–Crippen LogP) is 4.16. The number of nitrogens with zero attached hydrogens (tertiary/aromatic N) is 2. The third-order valence-electron chi connectivity index (χ3n) is 6.02. The summed E-state index contributed by atoms with van der Waals surface area (Å²) >= 11 is 0. The lowest BCUT2D eigenvalue weighted by Gasteiger charge is -2.55. The number of hydrogen-bond donors (Lipinski definition) is 1. The molecule has 1 heterocycles. The lowest BCUT2D eigenvalue weighted by Crippen LogP contribution is -2.49. The zero-order chi connectivity index (χ0) is 17.7. The van der Waals surface area contributed by atoms with E-state index < -0.39 is 12.7 Å². The molecule has 1 aromatic heterocycles. The Morgan fingerprint density at radius 2 is 1.84 bits per heavy atom. The van der Waals surface area contributed by atoms with Crippen LogP contribution in [0.5, 0.6) is 0 Å². The second-order valence-electron chi connectivity index (χ2n) is 8.08. The van der Waals surface area contributed by atoms with E-state index in [1.807, 2.05) is 0 Å². The van der Waals surface area contributed by atoms with Crippen LogP contribution in [-0.2, 0) is 11.3 Å². The molecule has 4 aliphatic rings. The summed E-state index contributed by atoms with van der Waals surface area (Å²) in [5.41, 5.74) is 0.256. The number of carbonyl (C=O) groups excluding carboxylic acids is 1. The first-order chi connectivity index (χ1) is 11.8. The van der Waals surface area contributed by atoms with Crippen LogP contribution in [0.25, 0.3) is 0 Å². The first-order valence-electron chi connectivity index (χ1n) is 8.88. The van der Waals surface area contributed by atoms with Gasteiger partial charge in [-0.2, -0.15) is 18.3 Å². The van der Waals surface area contributed by atoms with Crippen molar-refractivity contribution in [2.75, 3.05) is 5.32 Å². The summed E-state index contributed by atoms with van der Waals surface area (Å²) in [5.74, 6) is 2.29. The molecular formula is C18H22F3N3O. The Labute approximate surface area is 144 Å². The zero-order valence-electron chi connectivity index (χ0n) is 13.9. The fraction of sp³-hybridized carbons (Fsp3) is 0.667. The number of aromatic nitrogens is 2. The molecule has 0 atom stereocenters. The average Bonchev–Trinajstić information content (AvgIpc) is 2.91. The molecule has 4 fully saturated rings. The summed E-state index contributed by atoms with van der Waals surface area (Å²) in [7, 11) is 0. The SMILES string of the molecule is O=C(C=CNc1cnn(CC(F)(F)F)c1)C12CC3CC(CC(C3)C1)C2. The van der Waals surface area contributed by atoms with Gasteiger partial charge in [-0.1, -0.05) is 0 Å². The van der Waals surface area contributed by atoms with Gasteiger partial charge in [0.05, 0.1) is 11.9 Å². The second kappa shape index (κ2) is 5.88. The molecule has 0 unspecified atom stereocenters. The van der Waals surface area contributed by atoms with Gasteiger partial charge in [-0.15, -0.1) is 0 Å². The molecule has 136 valence electrons. The van der Waals surface area contributed by atoms with Crippen molar-refractivity contribution in [1.82, 2.24) is 9.78 Å². The number of hydrogen-bond acceptors (Lipinski definition) is 3. The summed E-state index contributed by atoms with van der Waals surface area (Å²) in [6.07, 6.45) is 8.28. The number of carbonyl (C=O) groups is 1. The monoisotopic (exact) mass is 353 g/mol. The number of alkyl halides is 3. The van der Waals surface area contributed by atoms with Gasteiger partial charge < -0.3 is 5.32 Å². The van der Waals surface area contributed by atoms with Crippen LogP contribution in [0.15, 0.2) is 24.7 Å². The van der Waals surface area contributed by atoms with Crippen LogP contribution in [0.2, 0.25) is 0 Å².